The lowest BCUT2D eigenvalue weighted by Gasteiger charge is -2.39. The number of hydrogen-bond donors (Lipinski definition) is 0. The lowest BCUT2D eigenvalue weighted by atomic mass is 9.74. The lowest BCUT2D eigenvalue weighted by Crippen LogP contribution is -2.43. The number of carbonyl (C=O) groups is 1. The van der Waals surface area contributed by atoms with Gasteiger partial charge in [-0.05, 0) is 62.2 Å². The number of benzene rings is 2. The van der Waals surface area contributed by atoms with Crippen LogP contribution in [-0.4, -0.2) is 43.6 Å². The standard InChI is InChI=1S/C24H26N2O2.ClH/c27-23-18-28-22-9-4-3-8-21(22)26(23)15-5-14-25-16-12-24(13-17-25)11-10-19-6-1-2-7-20(19)24;/h1-4,6-11H,5,12-18H2;1H. The fraction of sp³-hybridized carbons (Fsp3) is 0.375. The number of piperidine rings is 1. The third kappa shape index (κ3) is 3.67. The van der Waals surface area contributed by atoms with Crippen LogP contribution in [-0.2, 0) is 10.2 Å². The van der Waals surface area contributed by atoms with E-state index in [1.54, 1.807) is 0 Å². The molecule has 0 aromatic heterocycles. The molecule has 2 aliphatic heterocycles. The quantitative estimate of drug-likeness (QED) is 0.754. The van der Waals surface area contributed by atoms with E-state index in [9.17, 15) is 4.79 Å². The Labute approximate surface area is 178 Å². The van der Waals surface area contributed by atoms with E-state index < -0.39 is 0 Å². The highest BCUT2D eigenvalue weighted by atomic mass is 35.5. The van der Waals surface area contributed by atoms with E-state index in [-0.39, 0.29) is 30.3 Å². The van der Waals surface area contributed by atoms with E-state index in [1.807, 2.05) is 29.2 Å². The molecule has 29 heavy (non-hydrogen) atoms. The van der Waals surface area contributed by atoms with Crippen molar-refractivity contribution >= 4 is 30.1 Å². The van der Waals surface area contributed by atoms with Crippen LogP contribution in [0.25, 0.3) is 6.08 Å². The Morgan fingerprint density at radius 3 is 2.59 bits per heavy atom. The predicted molar refractivity (Wildman–Crippen MR) is 119 cm³/mol. The maximum Gasteiger partial charge on any atom is 0.265 e. The molecule has 1 spiro atoms. The Hall–Kier alpha value is -2.30. The van der Waals surface area contributed by atoms with Gasteiger partial charge in [0.2, 0.25) is 0 Å². The zero-order valence-corrected chi connectivity index (χ0v) is 17.4. The SMILES string of the molecule is Cl.O=C1COc2ccccc2N1CCCN1CCC2(C=Cc3ccccc32)CC1. The third-order valence-electron chi connectivity index (χ3n) is 6.49. The van der Waals surface area contributed by atoms with Crippen molar-refractivity contribution in [2.75, 3.05) is 37.7 Å². The van der Waals surface area contributed by atoms with Gasteiger partial charge in [-0.15, -0.1) is 12.4 Å². The third-order valence-corrected chi connectivity index (χ3v) is 6.49. The monoisotopic (exact) mass is 410 g/mol. The van der Waals surface area contributed by atoms with Crippen molar-refractivity contribution < 1.29 is 9.53 Å². The molecule has 2 aromatic rings. The van der Waals surface area contributed by atoms with Crippen LogP contribution in [0.2, 0.25) is 0 Å². The number of para-hydroxylation sites is 2. The van der Waals surface area contributed by atoms with Crippen molar-refractivity contribution in [3.63, 3.8) is 0 Å². The molecule has 0 unspecified atom stereocenters. The average Bonchev–Trinajstić information content (AvgIpc) is 3.10. The molecule has 3 aliphatic rings. The summed E-state index contributed by atoms with van der Waals surface area (Å²) in [6, 6.07) is 16.6. The summed E-state index contributed by atoms with van der Waals surface area (Å²) in [4.78, 5) is 16.7. The van der Waals surface area contributed by atoms with Gasteiger partial charge in [-0.3, -0.25) is 4.79 Å². The van der Waals surface area contributed by atoms with Crippen LogP contribution in [0.4, 0.5) is 5.69 Å². The highest BCUT2D eigenvalue weighted by Crippen LogP contribution is 2.43. The molecule has 0 atom stereocenters. The minimum absolute atomic E-state index is 0. The van der Waals surface area contributed by atoms with Gasteiger partial charge in [0.25, 0.3) is 5.91 Å². The second-order valence-corrected chi connectivity index (χ2v) is 8.07. The van der Waals surface area contributed by atoms with Crippen LogP contribution in [0.3, 0.4) is 0 Å². The van der Waals surface area contributed by atoms with E-state index in [2.05, 4.69) is 41.3 Å². The second-order valence-electron chi connectivity index (χ2n) is 8.07. The van der Waals surface area contributed by atoms with Crippen LogP contribution in [0.5, 0.6) is 5.75 Å². The molecule has 1 aliphatic carbocycles. The normalized spacial score (nSPS) is 19.4. The highest BCUT2D eigenvalue weighted by Gasteiger charge is 2.37. The molecule has 0 N–H and O–H groups in total. The molecule has 0 radical (unpaired) electrons. The number of amides is 1. The number of ether oxygens (including phenoxy) is 1. The van der Waals surface area contributed by atoms with E-state index in [4.69, 9.17) is 4.74 Å². The van der Waals surface area contributed by atoms with Crippen LogP contribution in [0.15, 0.2) is 54.6 Å². The number of rotatable bonds is 4. The number of halogens is 1. The summed E-state index contributed by atoms with van der Waals surface area (Å²) in [6.07, 6.45) is 8.07. The molecule has 0 saturated carbocycles. The molecule has 2 aromatic carbocycles. The maximum absolute atomic E-state index is 12.3. The molecule has 1 fully saturated rings. The molecule has 1 saturated heterocycles. The Bertz CT molecular complexity index is 919. The Morgan fingerprint density at radius 2 is 1.72 bits per heavy atom. The summed E-state index contributed by atoms with van der Waals surface area (Å²) in [5.74, 6) is 0.873. The number of hydrogen-bond acceptors (Lipinski definition) is 3. The van der Waals surface area contributed by atoms with Crippen LogP contribution >= 0.6 is 12.4 Å². The van der Waals surface area contributed by atoms with Crippen molar-refractivity contribution in [1.29, 1.82) is 0 Å². The average molecular weight is 411 g/mol. The maximum atomic E-state index is 12.3. The van der Waals surface area contributed by atoms with Crippen LogP contribution < -0.4 is 9.64 Å². The summed E-state index contributed by atoms with van der Waals surface area (Å²) < 4.78 is 5.54. The van der Waals surface area contributed by atoms with Gasteiger partial charge >= 0.3 is 0 Å². The summed E-state index contributed by atoms with van der Waals surface area (Å²) in [6.45, 7) is 4.17. The summed E-state index contributed by atoms with van der Waals surface area (Å²) in [5, 5.41) is 0. The first-order valence-electron chi connectivity index (χ1n) is 10.3. The fourth-order valence-corrected chi connectivity index (χ4v) is 4.90. The highest BCUT2D eigenvalue weighted by molar-refractivity contribution is 5.97. The largest absolute Gasteiger partial charge is 0.482 e. The molecular formula is C24H27ClN2O2. The Kier molecular flexibility index (Phi) is 5.66. The number of anilines is 1. The van der Waals surface area contributed by atoms with Gasteiger partial charge in [-0.25, -0.2) is 0 Å². The second kappa shape index (κ2) is 8.21. The molecule has 5 heteroatoms. The molecule has 4 nitrogen and oxygen atoms in total. The molecule has 0 bridgehead atoms. The first-order chi connectivity index (χ1) is 13.8. The number of fused-ring (bicyclic) bond motifs is 3. The lowest BCUT2D eigenvalue weighted by molar-refractivity contribution is -0.121. The van der Waals surface area contributed by atoms with Crippen molar-refractivity contribution in [3.8, 4) is 5.75 Å². The van der Waals surface area contributed by atoms with Gasteiger partial charge in [0, 0.05) is 12.0 Å². The van der Waals surface area contributed by atoms with E-state index in [0.29, 0.717) is 0 Å². The van der Waals surface area contributed by atoms with Crippen molar-refractivity contribution in [2.24, 2.45) is 0 Å². The zero-order valence-electron chi connectivity index (χ0n) is 16.5. The number of allylic oxidation sites excluding steroid dienone is 1. The molecule has 1 amide bonds. The number of carbonyl (C=O) groups excluding carboxylic acids is 1. The Morgan fingerprint density at radius 1 is 0.966 bits per heavy atom. The summed E-state index contributed by atoms with van der Waals surface area (Å²) >= 11 is 0. The smallest absolute Gasteiger partial charge is 0.265 e. The first kappa shape index (κ1) is 20.0. The van der Waals surface area contributed by atoms with Gasteiger partial charge in [0.05, 0.1) is 5.69 Å². The van der Waals surface area contributed by atoms with Crippen molar-refractivity contribution in [1.82, 2.24) is 4.90 Å². The van der Waals surface area contributed by atoms with Gasteiger partial charge < -0.3 is 14.5 Å². The van der Waals surface area contributed by atoms with Crippen LogP contribution in [0.1, 0.15) is 30.4 Å². The topological polar surface area (TPSA) is 32.8 Å². The molecule has 2 heterocycles. The van der Waals surface area contributed by atoms with Gasteiger partial charge in [0.1, 0.15) is 5.75 Å². The molecule has 152 valence electrons. The zero-order chi connectivity index (χ0) is 19.0. The van der Waals surface area contributed by atoms with Gasteiger partial charge in [-0.2, -0.15) is 0 Å². The molecule has 5 rings (SSSR count). The van der Waals surface area contributed by atoms with Gasteiger partial charge in [0.15, 0.2) is 6.61 Å². The van der Waals surface area contributed by atoms with Gasteiger partial charge in [-0.1, -0.05) is 48.6 Å². The van der Waals surface area contributed by atoms with Crippen molar-refractivity contribution in [3.05, 3.63) is 65.7 Å². The summed E-state index contributed by atoms with van der Waals surface area (Å²) in [5.41, 5.74) is 4.04. The minimum atomic E-state index is 0. The Balaban J connectivity index is 0.00000205. The minimum Gasteiger partial charge on any atom is -0.482 e. The predicted octanol–water partition coefficient (Wildman–Crippen LogP) is 4.28. The van der Waals surface area contributed by atoms with Crippen LogP contribution in [0, 0.1) is 0 Å². The van der Waals surface area contributed by atoms with Crippen molar-refractivity contribution in [2.45, 2.75) is 24.7 Å². The van der Waals surface area contributed by atoms with E-state index in [0.717, 1.165) is 44.0 Å². The van der Waals surface area contributed by atoms with E-state index in [1.165, 1.54) is 24.0 Å². The number of nitrogens with zero attached hydrogens (tertiary/aromatic N) is 2. The number of likely N-dealkylation sites (tertiary alicyclic amines) is 1. The fourth-order valence-electron chi connectivity index (χ4n) is 4.90. The summed E-state index contributed by atoms with van der Waals surface area (Å²) in [7, 11) is 0. The molecular weight excluding hydrogens is 384 g/mol. The van der Waals surface area contributed by atoms with E-state index >= 15 is 0 Å². The first-order valence-corrected chi connectivity index (χ1v) is 10.3.